The van der Waals surface area contributed by atoms with Crippen molar-refractivity contribution in [2.24, 2.45) is 0 Å². The number of benzene rings is 1. The Kier molecular flexibility index (Phi) is 2.73. The van der Waals surface area contributed by atoms with Crippen molar-refractivity contribution in [2.45, 2.75) is 18.9 Å². The molecule has 2 aromatic rings. The SMILES string of the molecule is CN1CCC(Oc2ccc3nc[nH]c3c2)CC1. The highest BCUT2D eigenvalue weighted by atomic mass is 16.5. The number of likely N-dealkylation sites (tertiary alicyclic amines) is 1. The van der Waals surface area contributed by atoms with Gasteiger partial charge in [0.2, 0.25) is 0 Å². The molecule has 1 aromatic carbocycles. The van der Waals surface area contributed by atoms with Crippen molar-refractivity contribution in [3.05, 3.63) is 24.5 Å². The number of ether oxygens (including phenoxy) is 1. The zero-order chi connectivity index (χ0) is 11.7. The first-order valence-electron chi connectivity index (χ1n) is 6.09. The van der Waals surface area contributed by atoms with E-state index in [-0.39, 0.29) is 0 Å². The summed E-state index contributed by atoms with van der Waals surface area (Å²) < 4.78 is 6.01. The average Bonchev–Trinajstić information content (AvgIpc) is 2.79. The first-order chi connectivity index (χ1) is 8.31. The van der Waals surface area contributed by atoms with E-state index in [1.807, 2.05) is 18.2 Å². The Morgan fingerprint density at radius 1 is 1.35 bits per heavy atom. The second kappa shape index (κ2) is 4.37. The quantitative estimate of drug-likeness (QED) is 0.860. The number of rotatable bonds is 2. The summed E-state index contributed by atoms with van der Waals surface area (Å²) in [5, 5.41) is 0. The Hall–Kier alpha value is -1.55. The van der Waals surface area contributed by atoms with Crippen LogP contribution in [-0.4, -0.2) is 41.1 Å². The molecule has 0 atom stereocenters. The van der Waals surface area contributed by atoms with E-state index in [1.165, 1.54) is 0 Å². The summed E-state index contributed by atoms with van der Waals surface area (Å²) in [6.07, 6.45) is 4.28. The Balaban J connectivity index is 1.71. The number of H-pyrrole nitrogens is 1. The van der Waals surface area contributed by atoms with Crippen LogP contribution in [0, 0.1) is 0 Å². The number of imidazole rings is 1. The molecule has 4 heteroatoms. The highest BCUT2D eigenvalue weighted by Gasteiger charge is 2.18. The molecule has 0 bridgehead atoms. The lowest BCUT2D eigenvalue weighted by Gasteiger charge is -2.29. The van der Waals surface area contributed by atoms with Crippen molar-refractivity contribution in [1.82, 2.24) is 14.9 Å². The molecular weight excluding hydrogens is 214 g/mol. The normalized spacial score (nSPS) is 18.6. The molecule has 0 saturated carbocycles. The lowest BCUT2D eigenvalue weighted by atomic mass is 10.1. The van der Waals surface area contributed by atoms with Crippen LogP contribution in [0.5, 0.6) is 5.75 Å². The van der Waals surface area contributed by atoms with Crippen LogP contribution in [0.2, 0.25) is 0 Å². The van der Waals surface area contributed by atoms with Crippen molar-refractivity contribution in [2.75, 3.05) is 20.1 Å². The molecule has 2 heterocycles. The molecule has 1 aliphatic rings. The van der Waals surface area contributed by atoms with Gasteiger partial charge in [-0.25, -0.2) is 4.98 Å². The fraction of sp³-hybridized carbons (Fsp3) is 0.462. The molecule has 0 spiro atoms. The third-order valence-electron chi connectivity index (χ3n) is 3.36. The van der Waals surface area contributed by atoms with E-state index in [2.05, 4.69) is 21.9 Å². The fourth-order valence-corrected chi connectivity index (χ4v) is 2.28. The van der Waals surface area contributed by atoms with Crippen molar-refractivity contribution in [1.29, 1.82) is 0 Å². The molecular formula is C13H17N3O. The zero-order valence-electron chi connectivity index (χ0n) is 10.0. The van der Waals surface area contributed by atoms with Crippen LogP contribution < -0.4 is 4.74 Å². The van der Waals surface area contributed by atoms with Gasteiger partial charge in [0.25, 0.3) is 0 Å². The number of aromatic nitrogens is 2. The van der Waals surface area contributed by atoms with Crippen molar-refractivity contribution in [3.8, 4) is 5.75 Å². The molecule has 17 heavy (non-hydrogen) atoms. The van der Waals surface area contributed by atoms with Crippen LogP contribution in [-0.2, 0) is 0 Å². The summed E-state index contributed by atoms with van der Waals surface area (Å²) in [7, 11) is 2.16. The molecule has 1 aromatic heterocycles. The van der Waals surface area contributed by atoms with Crippen molar-refractivity contribution >= 4 is 11.0 Å². The van der Waals surface area contributed by atoms with E-state index >= 15 is 0 Å². The number of nitrogens with one attached hydrogen (secondary N) is 1. The highest BCUT2D eigenvalue weighted by Crippen LogP contribution is 2.21. The van der Waals surface area contributed by atoms with E-state index in [1.54, 1.807) is 6.33 Å². The minimum absolute atomic E-state index is 0.353. The van der Waals surface area contributed by atoms with Gasteiger partial charge in [-0.1, -0.05) is 0 Å². The predicted octanol–water partition coefficient (Wildman–Crippen LogP) is 2.04. The van der Waals surface area contributed by atoms with Gasteiger partial charge in [0, 0.05) is 19.2 Å². The standard InChI is InChI=1S/C13H17N3O/c1-16-6-4-10(5-7-16)17-11-2-3-12-13(8-11)15-9-14-12/h2-3,8-10H,4-7H2,1H3,(H,14,15). The van der Waals surface area contributed by atoms with Crippen molar-refractivity contribution < 1.29 is 4.74 Å². The fourth-order valence-electron chi connectivity index (χ4n) is 2.28. The highest BCUT2D eigenvalue weighted by molar-refractivity contribution is 5.75. The predicted molar refractivity (Wildman–Crippen MR) is 67.2 cm³/mol. The molecule has 1 aliphatic heterocycles. The number of piperidine rings is 1. The molecule has 1 fully saturated rings. The molecule has 0 radical (unpaired) electrons. The van der Waals surface area contributed by atoms with Gasteiger partial charge in [-0.05, 0) is 32.0 Å². The molecule has 0 aliphatic carbocycles. The van der Waals surface area contributed by atoms with E-state index in [0.29, 0.717) is 6.10 Å². The molecule has 3 rings (SSSR count). The van der Waals surface area contributed by atoms with Gasteiger partial charge in [0.1, 0.15) is 11.9 Å². The lowest BCUT2D eigenvalue weighted by molar-refractivity contribution is 0.114. The Labute approximate surface area is 101 Å². The van der Waals surface area contributed by atoms with Crippen LogP contribution in [0.25, 0.3) is 11.0 Å². The third kappa shape index (κ3) is 2.26. The minimum Gasteiger partial charge on any atom is -0.490 e. The largest absolute Gasteiger partial charge is 0.490 e. The summed E-state index contributed by atoms with van der Waals surface area (Å²) in [4.78, 5) is 9.65. The molecule has 90 valence electrons. The number of fused-ring (bicyclic) bond motifs is 1. The molecule has 1 saturated heterocycles. The summed E-state index contributed by atoms with van der Waals surface area (Å²) in [6.45, 7) is 2.24. The van der Waals surface area contributed by atoms with Gasteiger partial charge >= 0.3 is 0 Å². The smallest absolute Gasteiger partial charge is 0.121 e. The first kappa shape index (κ1) is 10.6. The third-order valence-corrected chi connectivity index (χ3v) is 3.36. The van der Waals surface area contributed by atoms with E-state index in [9.17, 15) is 0 Å². The summed E-state index contributed by atoms with van der Waals surface area (Å²) >= 11 is 0. The molecule has 1 N–H and O–H groups in total. The maximum Gasteiger partial charge on any atom is 0.121 e. The second-order valence-corrected chi connectivity index (χ2v) is 4.70. The summed E-state index contributed by atoms with van der Waals surface area (Å²) in [5.41, 5.74) is 2.02. The average molecular weight is 231 g/mol. The van der Waals surface area contributed by atoms with Crippen LogP contribution in [0.15, 0.2) is 24.5 Å². The minimum atomic E-state index is 0.353. The molecule has 0 unspecified atom stereocenters. The first-order valence-corrected chi connectivity index (χ1v) is 6.09. The topological polar surface area (TPSA) is 41.1 Å². The monoisotopic (exact) mass is 231 g/mol. The number of hydrogen-bond acceptors (Lipinski definition) is 3. The second-order valence-electron chi connectivity index (χ2n) is 4.70. The van der Waals surface area contributed by atoms with Gasteiger partial charge in [-0.3, -0.25) is 0 Å². The van der Waals surface area contributed by atoms with Gasteiger partial charge in [0.05, 0.1) is 17.4 Å². The number of aromatic amines is 1. The van der Waals surface area contributed by atoms with Crippen LogP contribution >= 0.6 is 0 Å². The Morgan fingerprint density at radius 3 is 3.00 bits per heavy atom. The van der Waals surface area contributed by atoms with Gasteiger partial charge in [-0.15, -0.1) is 0 Å². The van der Waals surface area contributed by atoms with E-state index < -0.39 is 0 Å². The van der Waals surface area contributed by atoms with Crippen molar-refractivity contribution in [3.63, 3.8) is 0 Å². The van der Waals surface area contributed by atoms with Gasteiger partial charge in [0.15, 0.2) is 0 Å². The van der Waals surface area contributed by atoms with Gasteiger partial charge in [-0.2, -0.15) is 0 Å². The van der Waals surface area contributed by atoms with Crippen LogP contribution in [0.3, 0.4) is 0 Å². The Morgan fingerprint density at radius 2 is 2.18 bits per heavy atom. The maximum atomic E-state index is 6.01. The molecule has 0 amide bonds. The van der Waals surface area contributed by atoms with Gasteiger partial charge < -0.3 is 14.6 Å². The lowest BCUT2D eigenvalue weighted by Crippen LogP contribution is -2.35. The van der Waals surface area contributed by atoms with E-state index in [0.717, 1.165) is 42.7 Å². The Bertz CT molecular complexity index is 500. The number of hydrogen-bond donors (Lipinski definition) is 1. The molecule has 4 nitrogen and oxygen atoms in total. The number of nitrogens with zero attached hydrogens (tertiary/aromatic N) is 2. The maximum absolute atomic E-state index is 6.01. The van der Waals surface area contributed by atoms with Crippen LogP contribution in [0.1, 0.15) is 12.8 Å². The van der Waals surface area contributed by atoms with Crippen LogP contribution in [0.4, 0.5) is 0 Å². The zero-order valence-corrected chi connectivity index (χ0v) is 10.0. The van der Waals surface area contributed by atoms with E-state index in [4.69, 9.17) is 4.74 Å². The summed E-state index contributed by atoms with van der Waals surface area (Å²) in [5.74, 6) is 0.941. The summed E-state index contributed by atoms with van der Waals surface area (Å²) in [6, 6.07) is 6.03.